The molecule has 4 nitrogen and oxygen atoms in total. The molecule has 0 aromatic heterocycles. The Bertz CT molecular complexity index is 335. The number of likely N-dealkylation sites (N-methyl/N-ethyl adjacent to an activating group) is 1. The SMILES string of the molecule is CCNC(=O)C(C)Nc1ccc(OC)cc1. The Morgan fingerprint density at radius 3 is 2.50 bits per heavy atom. The zero-order valence-corrected chi connectivity index (χ0v) is 9.91. The molecule has 0 aliphatic carbocycles. The highest BCUT2D eigenvalue weighted by atomic mass is 16.5. The van der Waals surface area contributed by atoms with Crippen LogP contribution in [0.25, 0.3) is 0 Å². The largest absolute Gasteiger partial charge is 0.497 e. The molecule has 16 heavy (non-hydrogen) atoms. The molecule has 0 spiro atoms. The molecule has 0 saturated carbocycles. The average Bonchev–Trinajstić information content (AvgIpc) is 2.30. The van der Waals surface area contributed by atoms with E-state index in [1.54, 1.807) is 7.11 Å². The Kier molecular flexibility index (Phi) is 4.64. The maximum Gasteiger partial charge on any atom is 0.242 e. The fourth-order valence-electron chi connectivity index (χ4n) is 1.33. The summed E-state index contributed by atoms with van der Waals surface area (Å²) in [5, 5.41) is 5.87. The lowest BCUT2D eigenvalue weighted by atomic mass is 10.2. The van der Waals surface area contributed by atoms with Crippen LogP contribution in [0.15, 0.2) is 24.3 Å². The maximum atomic E-state index is 11.5. The zero-order chi connectivity index (χ0) is 12.0. The van der Waals surface area contributed by atoms with E-state index < -0.39 is 0 Å². The number of rotatable bonds is 5. The van der Waals surface area contributed by atoms with E-state index >= 15 is 0 Å². The van der Waals surface area contributed by atoms with E-state index in [2.05, 4.69) is 10.6 Å². The third-order valence-corrected chi connectivity index (χ3v) is 2.22. The van der Waals surface area contributed by atoms with Gasteiger partial charge in [0.1, 0.15) is 11.8 Å². The van der Waals surface area contributed by atoms with Gasteiger partial charge in [-0.25, -0.2) is 0 Å². The van der Waals surface area contributed by atoms with Crippen LogP contribution in [-0.2, 0) is 4.79 Å². The maximum absolute atomic E-state index is 11.5. The van der Waals surface area contributed by atoms with Crippen LogP contribution in [-0.4, -0.2) is 25.6 Å². The predicted molar refractivity (Wildman–Crippen MR) is 64.8 cm³/mol. The number of methoxy groups -OCH3 is 1. The molecule has 0 fully saturated rings. The monoisotopic (exact) mass is 222 g/mol. The Balaban J connectivity index is 2.55. The first-order valence-corrected chi connectivity index (χ1v) is 5.35. The molecule has 1 unspecified atom stereocenters. The Morgan fingerprint density at radius 2 is 2.00 bits per heavy atom. The number of ether oxygens (including phenoxy) is 1. The lowest BCUT2D eigenvalue weighted by molar-refractivity contribution is -0.121. The summed E-state index contributed by atoms with van der Waals surface area (Å²) in [7, 11) is 1.62. The van der Waals surface area contributed by atoms with Crippen molar-refractivity contribution in [2.75, 3.05) is 19.0 Å². The zero-order valence-electron chi connectivity index (χ0n) is 9.91. The van der Waals surface area contributed by atoms with Crippen molar-refractivity contribution in [1.29, 1.82) is 0 Å². The number of hydrogen-bond acceptors (Lipinski definition) is 3. The van der Waals surface area contributed by atoms with E-state index in [0.717, 1.165) is 11.4 Å². The Hall–Kier alpha value is -1.71. The summed E-state index contributed by atoms with van der Waals surface area (Å²) in [6.45, 7) is 4.38. The Labute approximate surface area is 96.0 Å². The van der Waals surface area contributed by atoms with Crippen molar-refractivity contribution in [3.8, 4) is 5.75 Å². The van der Waals surface area contributed by atoms with Gasteiger partial charge in [-0.15, -0.1) is 0 Å². The van der Waals surface area contributed by atoms with Gasteiger partial charge in [0.15, 0.2) is 0 Å². The number of carbonyl (C=O) groups excluding carboxylic acids is 1. The predicted octanol–water partition coefficient (Wildman–Crippen LogP) is 1.63. The van der Waals surface area contributed by atoms with Crippen LogP contribution < -0.4 is 15.4 Å². The molecule has 88 valence electrons. The highest BCUT2D eigenvalue weighted by Gasteiger charge is 2.10. The molecule has 0 bridgehead atoms. The number of anilines is 1. The van der Waals surface area contributed by atoms with Gasteiger partial charge in [-0.1, -0.05) is 0 Å². The average molecular weight is 222 g/mol. The summed E-state index contributed by atoms with van der Waals surface area (Å²) < 4.78 is 5.05. The van der Waals surface area contributed by atoms with E-state index in [-0.39, 0.29) is 11.9 Å². The lowest BCUT2D eigenvalue weighted by Crippen LogP contribution is -2.37. The molecule has 0 heterocycles. The molecule has 1 amide bonds. The van der Waals surface area contributed by atoms with E-state index in [1.165, 1.54) is 0 Å². The molecule has 2 N–H and O–H groups in total. The van der Waals surface area contributed by atoms with Crippen LogP contribution >= 0.6 is 0 Å². The highest BCUT2D eigenvalue weighted by Crippen LogP contribution is 2.15. The van der Waals surface area contributed by atoms with Crippen molar-refractivity contribution in [2.45, 2.75) is 19.9 Å². The smallest absolute Gasteiger partial charge is 0.242 e. The van der Waals surface area contributed by atoms with E-state index in [4.69, 9.17) is 4.74 Å². The summed E-state index contributed by atoms with van der Waals surface area (Å²) in [6.07, 6.45) is 0. The van der Waals surface area contributed by atoms with Crippen molar-refractivity contribution in [2.24, 2.45) is 0 Å². The van der Waals surface area contributed by atoms with Gasteiger partial charge in [0, 0.05) is 12.2 Å². The number of amides is 1. The molecule has 1 rings (SSSR count). The molecular formula is C12H18N2O2. The molecule has 0 radical (unpaired) electrons. The molecule has 1 aromatic rings. The van der Waals surface area contributed by atoms with Crippen molar-refractivity contribution in [1.82, 2.24) is 5.32 Å². The molecule has 1 atom stereocenters. The minimum Gasteiger partial charge on any atom is -0.497 e. The first-order valence-electron chi connectivity index (χ1n) is 5.35. The van der Waals surface area contributed by atoms with Crippen LogP contribution in [0.5, 0.6) is 5.75 Å². The first kappa shape index (κ1) is 12.4. The Morgan fingerprint density at radius 1 is 1.38 bits per heavy atom. The van der Waals surface area contributed by atoms with Crippen LogP contribution in [0, 0.1) is 0 Å². The number of benzene rings is 1. The van der Waals surface area contributed by atoms with Crippen LogP contribution in [0.3, 0.4) is 0 Å². The van der Waals surface area contributed by atoms with Crippen LogP contribution in [0.2, 0.25) is 0 Å². The number of carbonyl (C=O) groups is 1. The number of hydrogen-bond donors (Lipinski definition) is 2. The second-order valence-electron chi connectivity index (χ2n) is 3.49. The lowest BCUT2D eigenvalue weighted by Gasteiger charge is -2.14. The third-order valence-electron chi connectivity index (χ3n) is 2.22. The quantitative estimate of drug-likeness (QED) is 0.796. The summed E-state index contributed by atoms with van der Waals surface area (Å²) >= 11 is 0. The molecule has 1 aromatic carbocycles. The van der Waals surface area contributed by atoms with Gasteiger partial charge in [0.2, 0.25) is 5.91 Å². The molecule has 0 saturated heterocycles. The van der Waals surface area contributed by atoms with Gasteiger partial charge in [-0.3, -0.25) is 4.79 Å². The van der Waals surface area contributed by atoms with Gasteiger partial charge >= 0.3 is 0 Å². The standard InChI is InChI=1S/C12H18N2O2/c1-4-13-12(15)9(2)14-10-5-7-11(16-3)8-6-10/h5-9,14H,4H2,1-3H3,(H,13,15). The topological polar surface area (TPSA) is 50.4 Å². The molecule has 4 heteroatoms. The summed E-state index contributed by atoms with van der Waals surface area (Å²) in [6, 6.07) is 7.23. The van der Waals surface area contributed by atoms with Gasteiger partial charge < -0.3 is 15.4 Å². The molecule has 0 aliphatic rings. The molecule has 0 aliphatic heterocycles. The third kappa shape index (κ3) is 3.46. The van der Waals surface area contributed by atoms with Crippen molar-refractivity contribution >= 4 is 11.6 Å². The minimum absolute atomic E-state index is 0.00156. The second kappa shape index (κ2) is 6.00. The fourth-order valence-corrected chi connectivity index (χ4v) is 1.33. The van der Waals surface area contributed by atoms with Gasteiger partial charge in [-0.05, 0) is 38.1 Å². The summed E-state index contributed by atoms with van der Waals surface area (Å²) in [5.74, 6) is 0.800. The van der Waals surface area contributed by atoms with Gasteiger partial charge in [0.05, 0.1) is 7.11 Å². The van der Waals surface area contributed by atoms with Crippen molar-refractivity contribution in [3.63, 3.8) is 0 Å². The van der Waals surface area contributed by atoms with E-state index in [0.29, 0.717) is 6.54 Å². The van der Waals surface area contributed by atoms with Crippen LogP contribution in [0.1, 0.15) is 13.8 Å². The van der Waals surface area contributed by atoms with Crippen LogP contribution in [0.4, 0.5) is 5.69 Å². The van der Waals surface area contributed by atoms with Gasteiger partial charge in [-0.2, -0.15) is 0 Å². The second-order valence-corrected chi connectivity index (χ2v) is 3.49. The van der Waals surface area contributed by atoms with E-state index in [1.807, 2.05) is 38.1 Å². The van der Waals surface area contributed by atoms with Crippen molar-refractivity contribution in [3.05, 3.63) is 24.3 Å². The summed E-state index contributed by atoms with van der Waals surface area (Å²) in [5.41, 5.74) is 0.902. The molecular weight excluding hydrogens is 204 g/mol. The fraction of sp³-hybridized carbons (Fsp3) is 0.417. The van der Waals surface area contributed by atoms with Crippen molar-refractivity contribution < 1.29 is 9.53 Å². The number of nitrogens with one attached hydrogen (secondary N) is 2. The first-order chi connectivity index (χ1) is 7.67. The summed E-state index contributed by atoms with van der Waals surface area (Å²) in [4.78, 5) is 11.5. The van der Waals surface area contributed by atoms with Gasteiger partial charge in [0.25, 0.3) is 0 Å². The minimum atomic E-state index is -0.242. The van der Waals surface area contributed by atoms with E-state index in [9.17, 15) is 4.79 Å². The highest BCUT2D eigenvalue weighted by molar-refractivity contribution is 5.84. The normalized spacial score (nSPS) is 11.7.